The van der Waals surface area contributed by atoms with Crippen molar-refractivity contribution in [3.63, 3.8) is 0 Å². The van der Waals surface area contributed by atoms with Gasteiger partial charge in [-0.1, -0.05) is 18.2 Å². The molecule has 1 N–H and O–H groups in total. The van der Waals surface area contributed by atoms with Gasteiger partial charge in [0.05, 0.1) is 14.5 Å². The van der Waals surface area contributed by atoms with Crippen molar-refractivity contribution in [1.29, 1.82) is 0 Å². The van der Waals surface area contributed by atoms with E-state index in [1.165, 1.54) is 12.1 Å². The first kappa shape index (κ1) is 13.1. The van der Waals surface area contributed by atoms with Crippen molar-refractivity contribution in [1.82, 2.24) is 0 Å². The first-order chi connectivity index (χ1) is 8.58. The van der Waals surface area contributed by atoms with Gasteiger partial charge in [-0.05, 0) is 56.1 Å². The number of aromatic hydroxyl groups is 1. The molecule has 5 heteroatoms. The van der Waals surface area contributed by atoms with E-state index in [0.29, 0.717) is 20.3 Å². The van der Waals surface area contributed by atoms with Crippen LogP contribution in [0.15, 0.2) is 51.4 Å². The van der Waals surface area contributed by atoms with Gasteiger partial charge in [0.2, 0.25) is 0 Å². The standard InChI is InChI=1S/C13H8Br2O3/c14-10-6-9(16)7-11(15)12(10)18-13(17)8-4-2-1-3-5-8/h1-7,16H. The highest BCUT2D eigenvalue weighted by Crippen LogP contribution is 2.37. The smallest absolute Gasteiger partial charge is 0.343 e. The highest BCUT2D eigenvalue weighted by Gasteiger charge is 2.14. The fourth-order valence-electron chi connectivity index (χ4n) is 1.37. The number of phenols is 1. The van der Waals surface area contributed by atoms with Gasteiger partial charge in [-0.2, -0.15) is 0 Å². The molecule has 0 atom stereocenters. The second-order valence-electron chi connectivity index (χ2n) is 3.49. The topological polar surface area (TPSA) is 46.5 Å². The van der Waals surface area contributed by atoms with Crippen molar-refractivity contribution >= 4 is 37.8 Å². The molecule has 92 valence electrons. The maximum Gasteiger partial charge on any atom is 0.343 e. The van der Waals surface area contributed by atoms with Crippen molar-refractivity contribution in [2.24, 2.45) is 0 Å². The summed E-state index contributed by atoms with van der Waals surface area (Å²) in [5.41, 5.74) is 0.462. The van der Waals surface area contributed by atoms with Crippen molar-refractivity contribution in [3.8, 4) is 11.5 Å². The number of ether oxygens (including phenoxy) is 1. The minimum atomic E-state index is -0.456. The number of carbonyl (C=O) groups excluding carboxylic acids is 1. The Hall–Kier alpha value is -1.33. The van der Waals surface area contributed by atoms with E-state index < -0.39 is 5.97 Å². The van der Waals surface area contributed by atoms with Crippen molar-refractivity contribution in [3.05, 3.63) is 57.0 Å². The molecule has 0 unspecified atom stereocenters. The average Bonchev–Trinajstić information content (AvgIpc) is 2.34. The van der Waals surface area contributed by atoms with Crippen molar-refractivity contribution in [2.45, 2.75) is 0 Å². The third-order valence-corrected chi connectivity index (χ3v) is 3.37. The molecule has 0 aliphatic heterocycles. The predicted molar refractivity (Wildman–Crippen MR) is 74.9 cm³/mol. The lowest BCUT2D eigenvalue weighted by Crippen LogP contribution is -2.08. The Kier molecular flexibility index (Phi) is 4.04. The van der Waals surface area contributed by atoms with E-state index in [-0.39, 0.29) is 5.75 Å². The summed E-state index contributed by atoms with van der Waals surface area (Å²) in [4.78, 5) is 11.9. The lowest BCUT2D eigenvalue weighted by atomic mass is 10.2. The van der Waals surface area contributed by atoms with Gasteiger partial charge >= 0.3 is 5.97 Å². The van der Waals surface area contributed by atoms with Gasteiger partial charge in [0.25, 0.3) is 0 Å². The minimum Gasteiger partial charge on any atom is -0.508 e. The van der Waals surface area contributed by atoms with Gasteiger partial charge in [0.1, 0.15) is 5.75 Å². The molecule has 0 heterocycles. The number of esters is 1. The predicted octanol–water partition coefficient (Wildman–Crippen LogP) is 4.14. The molecule has 0 bridgehead atoms. The molecule has 0 aliphatic carbocycles. The third-order valence-electron chi connectivity index (χ3n) is 2.19. The first-order valence-electron chi connectivity index (χ1n) is 5.03. The van der Waals surface area contributed by atoms with E-state index in [2.05, 4.69) is 31.9 Å². The molecule has 2 aromatic carbocycles. The summed E-state index contributed by atoms with van der Waals surface area (Å²) in [7, 11) is 0. The zero-order chi connectivity index (χ0) is 13.1. The van der Waals surface area contributed by atoms with Gasteiger partial charge in [-0.3, -0.25) is 0 Å². The summed E-state index contributed by atoms with van der Waals surface area (Å²) >= 11 is 6.46. The normalized spacial score (nSPS) is 10.1. The second-order valence-corrected chi connectivity index (χ2v) is 5.20. The summed E-state index contributed by atoms with van der Waals surface area (Å²) in [5, 5.41) is 9.37. The number of hydrogen-bond donors (Lipinski definition) is 1. The zero-order valence-corrected chi connectivity index (χ0v) is 12.2. The van der Waals surface area contributed by atoms with Crippen LogP contribution in [-0.4, -0.2) is 11.1 Å². The monoisotopic (exact) mass is 370 g/mol. The Morgan fingerprint density at radius 1 is 1.06 bits per heavy atom. The minimum absolute atomic E-state index is 0.0771. The lowest BCUT2D eigenvalue weighted by molar-refractivity contribution is 0.0732. The Morgan fingerprint density at radius 2 is 1.61 bits per heavy atom. The number of carbonyl (C=O) groups is 1. The number of benzene rings is 2. The van der Waals surface area contributed by atoms with Crippen LogP contribution in [0.2, 0.25) is 0 Å². The van der Waals surface area contributed by atoms with Crippen LogP contribution in [0, 0.1) is 0 Å². The molecule has 0 aliphatic rings. The van der Waals surface area contributed by atoms with Crippen LogP contribution in [0.5, 0.6) is 11.5 Å². The Bertz CT molecular complexity index is 559. The van der Waals surface area contributed by atoms with E-state index >= 15 is 0 Å². The molecule has 2 rings (SSSR count). The van der Waals surface area contributed by atoms with Crippen LogP contribution in [0.3, 0.4) is 0 Å². The van der Waals surface area contributed by atoms with Gasteiger partial charge in [0, 0.05) is 0 Å². The largest absolute Gasteiger partial charge is 0.508 e. The molecule has 2 aromatic rings. The van der Waals surface area contributed by atoms with E-state index in [4.69, 9.17) is 4.74 Å². The Morgan fingerprint density at radius 3 is 2.17 bits per heavy atom. The Balaban J connectivity index is 2.28. The molecule has 0 saturated carbocycles. The van der Waals surface area contributed by atoms with Crippen molar-refractivity contribution in [2.75, 3.05) is 0 Å². The second kappa shape index (κ2) is 5.54. The summed E-state index contributed by atoms with van der Waals surface area (Å²) < 4.78 is 6.27. The Labute approximate surface area is 121 Å². The maximum absolute atomic E-state index is 11.9. The first-order valence-corrected chi connectivity index (χ1v) is 6.62. The number of phenolic OH excluding ortho intramolecular Hbond substituents is 1. The SMILES string of the molecule is O=C(Oc1c(Br)cc(O)cc1Br)c1ccccc1. The molecule has 0 radical (unpaired) electrons. The van der Waals surface area contributed by atoms with Gasteiger partial charge in [0.15, 0.2) is 5.75 Å². The fraction of sp³-hybridized carbons (Fsp3) is 0. The van der Waals surface area contributed by atoms with Gasteiger partial charge < -0.3 is 9.84 Å². The number of hydrogen-bond acceptors (Lipinski definition) is 3. The summed E-state index contributed by atoms with van der Waals surface area (Å²) in [6.07, 6.45) is 0. The molecular formula is C13H8Br2O3. The summed E-state index contributed by atoms with van der Waals surface area (Å²) in [6.45, 7) is 0. The quantitative estimate of drug-likeness (QED) is 0.637. The average molecular weight is 372 g/mol. The van der Waals surface area contributed by atoms with Crippen LogP contribution in [0.1, 0.15) is 10.4 Å². The zero-order valence-electron chi connectivity index (χ0n) is 9.06. The molecule has 0 saturated heterocycles. The highest BCUT2D eigenvalue weighted by atomic mass is 79.9. The molecule has 0 fully saturated rings. The maximum atomic E-state index is 11.9. The van der Waals surface area contributed by atoms with E-state index in [1.54, 1.807) is 24.3 Å². The van der Waals surface area contributed by atoms with Crippen LogP contribution in [0.4, 0.5) is 0 Å². The third kappa shape index (κ3) is 2.91. The molecular weight excluding hydrogens is 364 g/mol. The molecule has 0 aromatic heterocycles. The number of halogens is 2. The van der Waals surface area contributed by atoms with Crippen LogP contribution >= 0.6 is 31.9 Å². The van der Waals surface area contributed by atoms with E-state index in [9.17, 15) is 9.90 Å². The van der Waals surface area contributed by atoms with Crippen LogP contribution in [-0.2, 0) is 0 Å². The van der Waals surface area contributed by atoms with Gasteiger partial charge in [-0.25, -0.2) is 4.79 Å². The van der Waals surface area contributed by atoms with E-state index in [0.717, 1.165) is 0 Å². The molecule has 0 spiro atoms. The van der Waals surface area contributed by atoms with Crippen LogP contribution in [0.25, 0.3) is 0 Å². The van der Waals surface area contributed by atoms with Gasteiger partial charge in [-0.15, -0.1) is 0 Å². The molecule has 18 heavy (non-hydrogen) atoms. The van der Waals surface area contributed by atoms with E-state index in [1.807, 2.05) is 6.07 Å². The molecule has 0 amide bonds. The summed E-state index contributed by atoms with van der Waals surface area (Å²) in [5.74, 6) is -0.0439. The van der Waals surface area contributed by atoms with Crippen molar-refractivity contribution < 1.29 is 14.6 Å². The fourth-order valence-corrected chi connectivity index (χ4v) is 2.69. The summed E-state index contributed by atoms with van der Waals surface area (Å²) in [6, 6.07) is 11.6. The van der Waals surface area contributed by atoms with Crippen LogP contribution < -0.4 is 4.74 Å². The lowest BCUT2D eigenvalue weighted by Gasteiger charge is -2.09. The highest BCUT2D eigenvalue weighted by molar-refractivity contribution is 9.11. The molecule has 3 nitrogen and oxygen atoms in total. The number of rotatable bonds is 2.